The second-order valence-corrected chi connectivity index (χ2v) is 6.25. The minimum atomic E-state index is -0.549. The van der Waals surface area contributed by atoms with Crippen LogP contribution in [0.2, 0.25) is 0 Å². The second kappa shape index (κ2) is 6.63. The molecule has 1 aromatic carbocycles. The first kappa shape index (κ1) is 17.1. The molecule has 0 saturated carbocycles. The van der Waals surface area contributed by atoms with Crippen molar-refractivity contribution in [1.29, 1.82) is 0 Å². The number of ether oxygens (including phenoxy) is 2. The van der Waals surface area contributed by atoms with Gasteiger partial charge in [0.25, 0.3) is 5.91 Å². The lowest BCUT2D eigenvalue weighted by Crippen LogP contribution is -2.36. The van der Waals surface area contributed by atoms with E-state index in [1.807, 2.05) is 19.9 Å². The molecule has 0 unspecified atom stereocenters. The largest absolute Gasteiger partial charge is 0.480 e. The van der Waals surface area contributed by atoms with Crippen LogP contribution in [-0.4, -0.2) is 25.1 Å². The number of carbonyl (C=O) groups is 2. The molecule has 1 aliphatic rings. The van der Waals surface area contributed by atoms with E-state index in [4.69, 9.17) is 9.15 Å². The van der Waals surface area contributed by atoms with Crippen LogP contribution in [0, 0.1) is 20.8 Å². The van der Waals surface area contributed by atoms with Crippen LogP contribution in [-0.2, 0) is 22.5 Å². The molecule has 2 heterocycles. The zero-order valence-electron chi connectivity index (χ0n) is 14.8. The van der Waals surface area contributed by atoms with Crippen molar-refractivity contribution < 1.29 is 23.5 Å². The minimum absolute atomic E-state index is 0.185. The van der Waals surface area contributed by atoms with E-state index in [1.54, 1.807) is 13.0 Å². The normalized spacial score (nSPS) is 15.4. The molecule has 1 aliphatic heterocycles. The Kier molecular flexibility index (Phi) is 4.53. The Morgan fingerprint density at radius 2 is 1.92 bits per heavy atom. The maximum Gasteiger partial charge on any atom is 0.341 e. The summed E-state index contributed by atoms with van der Waals surface area (Å²) in [6, 6.07) is 5.62. The highest BCUT2D eigenvalue weighted by atomic mass is 16.5. The third kappa shape index (κ3) is 3.38. The Morgan fingerprint density at radius 3 is 2.64 bits per heavy atom. The third-order valence-electron chi connectivity index (χ3n) is 4.45. The molecule has 0 saturated heterocycles. The highest BCUT2D eigenvalue weighted by molar-refractivity contribution is 5.90. The number of fused-ring (bicyclic) bond motifs is 1. The molecular weight excluding hydrogens is 322 g/mol. The summed E-state index contributed by atoms with van der Waals surface area (Å²) in [5.41, 5.74) is 3.73. The van der Waals surface area contributed by atoms with E-state index in [9.17, 15) is 9.59 Å². The average Bonchev–Trinajstić information content (AvgIpc) is 3.15. The van der Waals surface area contributed by atoms with Crippen molar-refractivity contribution in [1.82, 2.24) is 5.32 Å². The van der Waals surface area contributed by atoms with Gasteiger partial charge in [0.1, 0.15) is 22.8 Å². The summed E-state index contributed by atoms with van der Waals surface area (Å²) in [5.74, 6) is 1.06. The lowest BCUT2D eigenvalue weighted by Gasteiger charge is -2.10. The molecule has 0 radical (unpaired) electrons. The summed E-state index contributed by atoms with van der Waals surface area (Å²) >= 11 is 0. The van der Waals surface area contributed by atoms with E-state index in [1.165, 1.54) is 12.7 Å². The maximum atomic E-state index is 12.4. The first-order chi connectivity index (χ1) is 11.9. The van der Waals surface area contributed by atoms with Gasteiger partial charge in [0, 0.05) is 6.42 Å². The number of furan rings is 1. The van der Waals surface area contributed by atoms with Crippen LogP contribution in [0.5, 0.6) is 5.75 Å². The van der Waals surface area contributed by atoms with E-state index >= 15 is 0 Å². The Bertz CT molecular complexity index is 806. The van der Waals surface area contributed by atoms with Gasteiger partial charge >= 0.3 is 5.97 Å². The van der Waals surface area contributed by atoms with Crippen LogP contribution < -0.4 is 10.1 Å². The van der Waals surface area contributed by atoms with Crippen molar-refractivity contribution in [3.05, 3.63) is 52.0 Å². The molecule has 3 rings (SSSR count). The summed E-state index contributed by atoms with van der Waals surface area (Å²) in [6.07, 6.45) is -0.000270. The molecule has 0 fully saturated rings. The van der Waals surface area contributed by atoms with E-state index in [0.717, 1.165) is 16.9 Å². The van der Waals surface area contributed by atoms with Gasteiger partial charge in [-0.05, 0) is 49.6 Å². The van der Waals surface area contributed by atoms with Gasteiger partial charge in [0.15, 0.2) is 6.10 Å². The summed E-state index contributed by atoms with van der Waals surface area (Å²) in [6.45, 7) is 5.93. The van der Waals surface area contributed by atoms with Gasteiger partial charge in [-0.3, -0.25) is 4.79 Å². The molecule has 1 aromatic heterocycles. The molecule has 2 aromatic rings. The number of nitrogens with one attached hydrogen (secondary N) is 1. The smallest absolute Gasteiger partial charge is 0.341 e. The molecular formula is C19H21NO5. The predicted octanol–water partition coefficient (Wildman–Crippen LogP) is 2.61. The van der Waals surface area contributed by atoms with E-state index in [-0.39, 0.29) is 12.5 Å². The van der Waals surface area contributed by atoms with Crippen LogP contribution in [0.4, 0.5) is 0 Å². The quantitative estimate of drug-likeness (QED) is 0.864. The lowest BCUT2D eigenvalue weighted by atomic mass is 10.0. The van der Waals surface area contributed by atoms with Crippen molar-refractivity contribution in [2.75, 3.05) is 7.11 Å². The second-order valence-electron chi connectivity index (χ2n) is 6.25. The van der Waals surface area contributed by atoms with Gasteiger partial charge in [-0.1, -0.05) is 6.07 Å². The molecule has 6 nitrogen and oxygen atoms in total. The molecule has 1 N–H and O–H groups in total. The Morgan fingerprint density at radius 1 is 1.20 bits per heavy atom. The van der Waals surface area contributed by atoms with Crippen molar-refractivity contribution in [2.45, 2.75) is 39.8 Å². The van der Waals surface area contributed by atoms with Crippen LogP contribution in [0.3, 0.4) is 0 Å². The molecule has 0 spiro atoms. The SMILES string of the molecule is COC(=O)c1cc(CNC(=O)[C@@H]2Cc3cc(C)c(C)cc3O2)oc1C. The minimum Gasteiger partial charge on any atom is -0.480 e. The molecule has 0 aliphatic carbocycles. The number of amides is 1. The molecule has 1 amide bonds. The average molecular weight is 343 g/mol. The number of carbonyl (C=O) groups excluding carboxylic acids is 2. The van der Waals surface area contributed by atoms with Crippen LogP contribution in [0.15, 0.2) is 22.6 Å². The number of benzene rings is 1. The number of rotatable bonds is 4. The van der Waals surface area contributed by atoms with Crippen LogP contribution >= 0.6 is 0 Å². The Labute approximate surface area is 146 Å². The van der Waals surface area contributed by atoms with E-state index in [2.05, 4.69) is 16.1 Å². The first-order valence-corrected chi connectivity index (χ1v) is 8.11. The Hall–Kier alpha value is -2.76. The third-order valence-corrected chi connectivity index (χ3v) is 4.45. The molecule has 1 atom stereocenters. The van der Waals surface area contributed by atoms with Gasteiger partial charge in [-0.2, -0.15) is 0 Å². The molecule has 132 valence electrons. The summed E-state index contributed by atoms with van der Waals surface area (Å²) in [7, 11) is 1.31. The van der Waals surface area contributed by atoms with Gasteiger partial charge in [-0.15, -0.1) is 0 Å². The van der Waals surface area contributed by atoms with Gasteiger partial charge in [0.2, 0.25) is 0 Å². The standard InChI is InChI=1S/C19H21NO5/c1-10-5-13-7-17(25-16(13)6-11(10)2)18(21)20-9-14-8-15(12(3)24-14)19(22)23-4/h5-6,8,17H,7,9H2,1-4H3,(H,20,21)/t17-/m0/s1. The monoisotopic (exact) mass is 343 g/mol. The van der Waals surface area contributed by atoms with Gasteiger partial charge < -0.3 is 19.2 Å². The number of hydrogen-bond acceptors (Lipinski definition) is 5. The number of hydrogen-bond donors (Lipinski definition) is 1. The van der Waals surface area contributed by atoms with Crippen molar-refractivity contribution in [2.24, 2.45) is 0 Å². The summed E-state index contributed by atoms with van der Waals surface area (Å²) in [5, 5.41) is 2.79. The van der Waals surface area contributed by atoms with Crippen molar-refractivity contribution in [3.8, 4) is 5.75 Å². The fourth-order valence-electron chi connectivity index (χ4n) is 2.89. The topological polar surface area (TPSA) is 77.8 Å². The molecule has 25 heavy (non-hydrogen) atoms. The molecule has 0 bridgehead atoms. The summed E-state index contributed by atoms with van der Waals surface area (Å²) in [4.78, 5) is 24.0. The predicted molar refractivity (Wildman–Crippen MR) is 90.7 cm³/mol. The zero-order chi connectivity index (χ0) is 18.1. The van der Waals surface area contributed by atoms with Crippen molar-refractivity contribution >= 4 is 11.9 Å². The number of esters is 1. The summed E-state index contributed by atoms with van der Waals surface area (Å²) < 4.78 is 15.9. The molecule has 6 heteroatoms. The van der Waals surface area contributed by atoms with Gasteiger partial charge in [-0.25, -0.2) is 4.79 Å². The fraction of sp³-hybridized carbons (Fsp3) is 0.368. The van der Waals surface area contributed by atoms with E-state index < -0.39 is 12.1 Å². The first-order valence-electron chi connectivity index (χ1n) is 8.11. The highest BCUT2D eigenvalue weighted by Crippen LogP contribution is 2.31. The number of aryl methyl sites for hydroxylation is 3. The van der Waals surface area contributed by atoms with E-state index in [0.29, 0.717) is 23.5 Å². The lowest BCUT2D eigenvalue weighted by molar-refractivity contribution is -0.127. The van der Waals surface area contributed by atoms with Crippen LogP contribution in [0.25, 0.3) is 0 Å². The highest BCUT2D eigenvalue weighted by Gasteiger charge is 2.29. The maximum absolute atomic E-state index is 12.4. The fourth-order valence-corrected chi connectivity index (χ4v) is 2.89. The Balaban J connectivity index is 1.62. The van der Waals surface area contributed by atoms with Crippen molar-refractivity contribution in [3.63, 3.8) is 0 Å². The zero-order valence-corrected chi connectivity index (χ0v) is 14.8. The van der Waals surface area contributed by atoms with Crippen LogP contribution in [0.1, 0.15) is 38.6 Å². The number of methoxy groups -OCH3 is 1. The van der Waals surface area contributed by atoms with Gasteiger partial charge in [0.05, 0.1) is 13.7 Å².